The normalized spacial score (nSPS) is 13.0. The number of nitro benzene ring substituents is 1. The van der Waals surface area contributed by atoms with Crippen molar-refractivity contribution in [2.75, 3.05) is 13.6 Å². The summed E-state index contributed by atoms with van der Waals surface area (Å²) in [6, 6.07) is 2.28. The third kappa shape index (κ3) is 3.50. The van der Waals surface area contributed by atoms with E-state index in [0.29, 0.717) is 10.4 Å². The van der Waals surface area contributed by atoms with Gasteiger partial charge in [0.2, 0.25) is 15.8 Å². The molecule has 7 nitrogen and oxygen atoms in total. The van der Waals surface area contributed by atoms with Gasteiger partial charge in [-0.05, 0) is 6.92 Å². The molecule has 1 rings (SSSR count). The second-order valence-corrected chi connectivity index (χ2v) is 6.32. The largest absolute Gasteiger partial charge is 0.306 e. The van der Waals surface area contributed by atoms with Crippen LogP contribution in [0.1, 0.15) is 6.92 Å². The van der Waals surface area contributed by atoms with Crippen LogP contribution in [-0.4, -0.2) is 31.2 Å². The molecule has 0 aliphatic heterocycles. The third-order valence-electron chi connectivity index (χ3n) is 2.64. The lowest BCUT2D eigenvalue weighted by Crippen LogP contribution is -2.31. The topological polar surface area (TPSA) is 104 Å². The molecule has 1 aromatic rings. The first kappa shape index (κ1) is 16.9. The number of sulfonamides is 1. The standard InChI is InChI=1S/C11H11F2N3O4S/c1-7(5-14)6-15(2)21(19,20)11-4-10(16(17)18)8(12)3-9(11)13/h3-4,7H,6H2,1-2H3. The molecule has 21 heavy (non-hydrogen) atoms. The van der Waals surface area contributed by atoms with Crippen LogP contribution in [0, 0.1) is 39.0 Å². The van der Waals surface area contributed by atoms with E-state index in [9.17, 15) is 27.3 Å². The number of halogens is 2. The zero-order valence-electron chi connectivity index (χ0n) is 11.1. The average Bonchev–Trinajstić information content (AvgIpc) is 2.37. The minimum atomic E-state index is -4.41. The first-order valence-corrected chi connectivity index (χ1v) is 7.04. The number of nitrogens with zero attached hydrogens (tertiary/aromatic N) is 3. The molecule has 1 aromatic carbocycles. The van der Waals surface area contributed by atoms with Crippen molar-refractivity contribution in [3.05, 3.63) is 33.9 Å². The van der Waals surface area contributed by atoms with Gasteiger partial charge in [-0.2, -0.15) is 14.0 Å². The van der Waals surface area contributed by atoms with E-state index in [4.69, 9.17) is 5.26 Å². The summed E-state index contributed by atoms with van der Waals surface area (Å²) in [5, 5.41) is 19.2. The van der Waals surface area contributed by atoms with E-state index in [1.54, 1.807) is 6.07 Å². The molecule has 10 heteroatoms. The minimum Gasteiger partial charge on any atom is -0.258 e. The van der Waals surface area contributed by atoms with Crippen LogP contribution in [0.25, 0.3) is 0 Å². The molecule has 0 aliphatic carbocycles. The quantitative estimate of drug-likeness (QED) is 0.606. The van der Waals surface area contributed by atoms with Crippen LogP contribution in [0.15, 0.2) is 17.0 Å². The van der Waals surface area contributed by atoms with Gasteiger partial charge in [0.1, 0.15) is 10.7 Å². The molecule has 1 unspecified atom stereocenters. The van der Waals surface area contributed by atoms with E-state index in [-0.39, 0.29) is 12.6 Å². The van der Waals surface area contributed by atoms with Crippen molar-refractivity contribution in [3.63, 3.8) is 0 Å². The predicted molar refractivity (Wildman–Crippen MR) is 67.6 cm³/mol. The van der Waals surface area contributed by atoms with Gasteiger partial charge >= 0.3 is 5.69 Å². The molecule has 0 spiro atoms. The monoisotopic (exact) mass is 319 g/mol. The van der Waals surface area contributed by atoms with Gasteiger partial charge in [0.25, 0.3) is 0 Å². The van der Waals surface area contributed by atoms with E-state index >= 15 is 0 Å². The van der Waals surface area contributed by atoms with Gasteiger partial charge in [0.05, 0.1) is 16.9 Å². The summed E-state index contributed by atoms with van der Waals surface area (Å²) in [5.41, 5.74) is -1.14. The van der Waals surface area contributed by atoms with Crippen LogP contribution in [0.4, 0.5) is 14.5 Å². The number of nitro groups is 1. The van der Waals surface area contributed by atoms with E-state index in [0.717, 1.165) is 7.05 Å². The molecule has 0 N–H and O–H groups in total. The maximum atomic E-state index is 13.6. The lowest BCUT2D eigenvalue weighted by atomic mass is 10.2. The Bertz CT molecular complexity index is 715. The lowest BCUT2D eigenvalue weighted by molar-refractivity contribution is -0.387. The number of nitriles is 1. The first-order valence-electron chi connectivity index (χ1n) is 5.60. The average molecular weight is 319 g/mol. The molecule has 0 amide bonds. The van der Waals surface area contributed by atoms with Gasteiger partial charge in [0.15, 0.2) is 0 Å². The summed E-state index contributed by atoms with van der Waals surface area (Å²) in [6.07, 6.45) is 0. The van der Waals surface area contributed by atoms with Crippen molar-refractivity contribution in [1.29, 1.82) is 5.26 Å². The summed E-state index contributed by atoms with van der Waals surface area (Å²) >= 11 is 0. The number of rotatable bonds is 5. The number of hydrogen-bond acceptors (Lipinski definition) is 5. The highest BCUT2D eigenvalue weighted by molar-refractivity contribution is 7.89. The fourth-order valence-corrected chi connectivity index (χ4v) is 2.87. The third-order valence-corrected chi connectivity index (χ3v) is 4.48. The Morgan fingerprint density at radius 1 is 1.43 bits per heavy atom. The van der Waals surface area contributed by atoms with Crippen LogP contribution in [-0.2, 0) is 10.0 Å². The van der Waals surface area contributed by atoms with Crippen LogP contribution in [0.3, 0.4) is 0 Å². The second-order valence-electron chi connectivity index (χ2n) is 4.31. The van der Waals surface area contributed by atoms with Gasteiger partial charge in [-0.1, -0.05) is 0 Å². The lowest BCUT2D eigenvalue weighted by Gasteiger charge is -2.18. The zero-order valence-corrected chi connectivity index (χ0v) is 11.9. The highest BCUT2D eigenvalue weighted by Gasteiger charge is 2.30. The fraction of sp³-hybridized carbons (Fsp3) is 0.364. The van der Waals surface area contributed by atoms with E-state index in [2.05, 4.69) is 0 Å². The SMILES string of the molecule is CC(C#N)CN(C)S(=O)(=O)c1cc([N+](=O)[O-])c(F)cc1F. The summed E-state index contributed by atoms with van der Waals surface area (Å²) < 4.78 is 51.8. The molecule has 0 heterocycles. The summed E-state index contributed by atoms with van der Waals surface area (Å²) in [7, 11) is -3.32. The van der Waals surface area contributed by atoms with E-state index in [1.165, 1.54) is 6.92 Å². The van der Waals surface area contributed by atoms with E-state index in [1.807, 2.05) is 0 Å². The fourth-order valence-electron chi connectivity index (χ4n) is 1.55. The van der Waals surface area contributed by atoms with Gasteiger partial charge in [0, 0.05) is 25.7 Å². The van der Waals surface area contributed by atoms with Gasteiger partial charge in [-0.25, -0.2) is 12.8 Å². The maximum absolute atomic E-state index is 13.6. The van der Waals surface area contributed by atoms with Crippen molar-refractivity contribution in [3.8, 4) is 6.07 Å². The maximum Gasteiger partial charge on any atom is 0.306 e. The van der Waals surface area contributed by atoms with Crippen molar-refractivity contribution < 1.29 is 22.1 Å². The second kappa shape index (κ2) is 6.11. The molecule has 0 aliphatic rings. The Balaban J connectivity index is 3.35. The zero-order chi connectivity index (χ0) is 16.4. The van der Waals surface area contributed by atoms with Crippen molar-refractivity contribution >= 4 is 15.7 Å². The van der Waals surface area contributed by atoms with Crippen molar-refractivity contribution in [2.45, 2.75) is 11.8 Å². The van der Waals surface area contributed by atoms with Crippen LogP contribution >= 0.6 is 0 Å². The molecule has 0 fully saturated rings. The Kier molecular flexibility index (Phi) is 4.93. The molecule has 1 atom stereocenters. The molecule has 0 saturated carbocycles. The Hall–Kier alpha value is -2.12. The van der Waals surface area contributed by atoms with Crippen LogP contribution < -0.4 is 0 Å². The summed E-state index contributed by atoms with van der Waals surface area (Å²) in [5.74, 6) is -3.57. The van der Waals surface area contributed by atoms with E-state index < -0.39 is 43.1 Å². The highest BCUT2D eigenvalue weighted by Crippen LogP contribution is 2.26. The molecule has 0 saturated heterocycles. The van der Waals surface area contributed by atoms with Crippen molar-refractivity contribution in [2.24, 2.45) is 5.92 Å². The summed E-state index contributed by atoms with van der Waals surface area (Å²) in [4.78, 5) is 8.44. The summed E-state index contributed by atoms with van der Waals surface area (Å²) in [6.45, 7) is 1.22. The number of benzene rings is 1. The smallest absolute Gasteiger partial charge is 0.258 e. The Labute approximate surface area is 119 Å². The molecule has 0 radical (unpaired) electrons. The highest BCUT2D eigenvalue weighted by atomic mass is 32.2. The minimum absolute atomic E-state index is 0.145. The number of hydrogen-bond donors (Lipinski definition) is 0. The first-order chi connectivity index (χ1) is 9.61. The van der Waals surface area contributed by atoms with Gasteiger partial charge < -0.3 is 0 Å². The van der Waals surface area contributed by atoms with Crippen LogP contribution in [0.5, 0.6) is 0 Å². The molecule has 114 valence electrons. The van der Waals surface area contributed by atoms with Crippen molar-refractivity contribution in [1.82, 2.24) is 4.31 Å². The molecular weight excluding hydrogens is 308 g/mol. The molecule has 0 bridgehead atoms. The van der Waals surface area contributed by atoms with Gasteiger partial charge in [-0.15, -0.1) is 0 Å². The van der Waals surface area contributed by atoms with Crippen LogP contribution in [0.2, 0.25) is 0 Å². The Morgan fingerprint density at radius 3 is 2.48 bits per heavy atom. The molecule has 0 aromatic heterocycles. The van der Waals surface area contributed by atoms with Gasteiger partial charge in [-0.3, -0.25) is 10.1 Å². The predicted octanol–water partition coefficient (Wildman–Crippen LogP) is 1.65. The Morgan fingerprint density at radius 2 is 2.00 bits per heavy atom. The molecular formula is C11H11F2N3O4S.